The molecule has 1 aliphatic heterocycles. The van der Waals surface area contributed by atoms with Gasteiger partial charge >= 0.3 is 12.0 Å². The number of carboxylic acids is 1. The highest BCUT2D eigenvalue weighted by molar-refractivity contribution is 5.96. The van der Waals surface area contributed by atoms with E-state index in [1.165, 1.54) is 13.8 Å². The molecule has 0 radical (unpaired) electrons. The molecule has 1 rings (SSSR count). The summed E-state index contributed by atoms with van der Waals surface area (Å²) in [6.07, 6.45) is 1.46. The van der Waals surface area contributed by atoms with E-state index in [1.807, 2.05) is 0 Å². The third-order valence-corrected chi connectivity index (χ3v) is 3.73. The largest absolute Gasteiger partial charge is 0.481 e. The van der Waals surface area contributed by atoms with Crippen LogP contribution in [0, 0.1) is 11.3 Å². The van der Waals surface area contributed by atoms with Crippen molar-refractivity contribution in [2.24, 2.45) is 11.3 Å². The summed E-state index contributed by atoms with van der Waals surface area (Å²) in [7, 11) is 1.65. The van der Waals surface area contributed by atoms with Gasteiger partial charge in [0.1, 0.15) is 0 Å². The van der Waals surface area contributed by atoms with Crippen molar-refractivity contribution >= 4 is 17.9 Å². The summed E-state index contributed by atoms with van der Waals surface area (Å²) in [6, 6.07) is -0.447. The number of nitrogens with one attached hydrogen (secondary N) is 1. The summed E-state index contributed by atoms with van der Waals surface area (Å²) in [5.41, 5.74) is -1.18. The van der Waals surface area contributed by atoms with Gasteiger partial charge in [0.05, 0.1) is 5.41 Å². The molecule has 2 N–H and O–H groups in total. The molecule has 1 fully saturated rings. The zero-order chi connectivity index (χ0) is 16.0. The summed E-state index contributed by atoms with van der Waals surface area (Å²) in [5.74, 6) is -1.18. The smallest absolute Gasteiger partial charge is 0.324 e. The third kappa shape index (κ3) is 5.34. The van der Waals surface area contributed by atoms with Crippen molar-refractivity contribution in [3.8, 4) is 0 Å². The van der Waals surface area contributed by atoms with Crippen molar-refractivity contribution in [2.75, 3.05) is 26.8 Å². The molecule has 0 unspecified atom stereocenters. The topological polar surface area (TPSA) is 95.9 Å². The number of hydrogen-bond acceptors (Lipinski definition) is 4. The highest BCUT2D eigenvalue weighted by Gasteiger charge is 2.31. The minimum atomic E-state index is -1.18. The van der Waals surface area contributed by atoms with Crippen LogP contribution in [0.15, 0.2) is 0 Å². The molecule has 0 atom stereocenters. The van der Waals surface area contributed by atoms with Crippen LogP contribution in [0.4, 0.5) is 4.79 Å². The number of nitrogens with zero attached hydrogens (tertiary/aromatic N) is 1. The number of imide groups is 1. The Hall–Kier alpha value is -1.63. The van der Waals surface area contributed by atoms with Crippen LogP contribution in [0.3, 0.4) is 0 Å². The maximum Gasteiger partial charge on any atom is 0.324 e. The summed E-state index contributed by atoms with van der Waals surface area (Å²) in [6.45, 7) is 4.75. The Bertz CT molecular complexity index is 400. The molecule has 0 aromatic carbocycles. The summed E-state index contributed by atoms with van der Waals surface area (Å²) in [4.78, 5) is 36.2. The summed E-state index contributed by atoms with van der Waals surface area (Å²) in [5, 5.41) is 11.2. The average molecular weight is 300 g/mol. The van der Waals surface area contributed by atoms with Crippen LogP contribution in [0.1, 0.15) is 33.1 Å². The first kappa shape index (κ1) is 17.4. The zero-order valence-corrected chi connectivity index (χ0v) is 12.8. The van der Waals surface area contributed by atoms with Crippen molar-refractivity contribution in [1.82, 2.24) is 10.2 Å². The molecule has 0 aliphatic carbocycles. The maximum atomic E-state index is 11.9. The molecular weight excluding hydrogens is 276 g/mol. The third-order valence-electron chi connectivity index (χ3n) is 3.73. The molecule has 1 aliphatic rings. The second-order valence-corrected chi connectivity index (χ2v) is 6.10. The van der Waals surface area contributed by atoms with E-state index in [4.69, 9.17) is 9.84 Å². The number of hydrogen-bond donors (Lipinski definition) is 2. The molecule has 120 valence electrons. The number of piperidine rings is 1. The molecule has 3 amide bonds. The van der Waals surface area contributed by atoms with Crippen LogP contribution >= 0.6 is 0 Å². The molecule has 21 heavy (non-hydrogen) atoms. The molecule has 0 saturated carbocycles. The van der Waals surface area contributed by atoms with E-state index in [1.54, 1.807) is 12.0 Å². The molecule has 0 spiro atoms. The lowest BCUT2D eigenvalue weighted by Crippen LogP contribution is -2.47. The van der Waals surface area contributed by atoms with Crippen LogP contribution in [-0.4, -0.2) is 54.7 Å². The Kier molecular flexibility index (Phi) is 6.14. The Morgan fingerprint density at radius 1 is 1.29 bits per heavy atom. The molecule has 1 saturated heterocycles. The minimum Gasteiger partial charge on any atom is -0.481 e. The van der Waals surface area contributed by atoms with Gasteiger partial charge < -0.3 is 14.7 Å². The van der Waals surface area contributed by atoms with E-state index >= 15 is 0 Å². The van der Waals surface area contributed by atoms with Crippen molar-refractivity contribution < 1.29 is 24.2 Å². The zero-order valence-electron chi connectivity index (χ0n) is 12.8. The van der Waals surface area contributed by atoms with Gasteiger partial charge in [0.25, 0.3) is 0 Å². The van der Waals surface area contributed by atoms with Gasteiger partial charge in [-0.3, -0.25) is 14.9 Å². The Morgan fingerprint density at radius 2 is 1.86 bits per heavy atom. The summed E-state index contributed by atoms with van der Waals surface area (Å²) < 4.78 is 5.09. The molecule has 0 bridgehead atoms. The van der Waals surface area contributed by atoms with Crippen LogP contribution in [-0.2, 0) is 14.3 Å². The Morgan fingerprint density at radius 3 is 2.33 bits per heavy atom. The SMILES string of the molecule is COCC1CCN(C(=O)NC(=O)CC(C)(C)C(=O)O)CC1. The van der Waals surface area contributed by atoms with E-state index in [0.29, 0.717) is 25.6 Å². The van der Waals surface area contributed by atoms with E-state index in [9.17, 15) is 14.4 Å². The van der Waals surface area contributed by atoms with E-state index in [0.717, 1.165) is 12.8 Å². The first-order valence-corrected chi connectivity index (χ1v) is 7.07. The number of likely N-dealkylation sites (tertiary alicyclic amines) is 1. The second kappa shape index (κ2) is 7.40. The number of amides is 3. The van der Waals surface area contributed by atoms with Gasteiger partial charge in [-0.25, -0.2) is 4.79 Å². The lowest BCUT2D eigenvalue weighted by atomic mass is 9.89. The molecule has 1 heterocycles. The fourth-order valence-electron chi connectivity index (χ4n) is 2.26. The van der Waals surface area contributed by atoms with E-state index in [2.05, 4.69) is 5.32 Å². The lowest BCUT2D eigenvalue weighted by molar-refractivity contribution is -0.149. The maximum absolute atomic E-state index is 11.9. The Labute approximate surface area is 124 Å². The van der Waals surface area contributed by atoms with E-state index in [-0.39, 0.29) is 6.42 Å². The van der Waals surface area contributed by atoms with Gasteiger partial charge in [-0.1, -0.05) is 0 Å². The summed E-state index contributed by atoms with van der Waals surface area (Å²) >= 11 is 0. The number of carbonyl (C=O) groups excluding carboxylic acids is 2. The number of aliphatic carboxylic acids is 1. The van der Waals surface area contributed by atoms with Gasteiger partial charge in [0.2, 0.25) is 5.91 Å². The molecule has 0 aromatic heterocycles. The lowest BCUT2D eigenvalue weighted by Gasteiger charge is -2.31. The second-order valence-electron chi connectivity index (χ2n) is 6.10. The number of urea groups is 1. The number of rotatable bonds is 5. The predicted molar refractivity (Wildman–Crippen MR) is 75.7 cm³/mol. The first-order chi connectivity index (χ1) is 9.76. The number of methoxy groups -OCH3 is 1. The highest BCUT2D eigenvalue weighted by Crippen LogP contribution is 2.20. The predicted octanol–water partition coefficient (Wildman–Crippen LogP) is 1.08. The van der Waals surface area contributed by atoms with Crippen molar-refractivity contribution in [3.05, 3.63) is 0 Å². The van der Waals surface area contributed by atoms with Crippen molar-refractivity contribution in [3.63, 3.8) is 0 Å². The first-order valence-electron chi connectivity index (χ1n) is 7.07. The minimum absolute atomic E-state index is 0.228. The molecule has 0 aromatic rings. The number of carbonyl (C=O) groups is 3. The van der Waals surface area contributed by atoms with Crippen LogP contribution in [0.25, 0.3) is 0 Å². The van der Waals surface area contributed by atoms with Gasteiger partial charge in [-0.2, -0.15) is 0 Å². The molecular formula is C14H24N2O5. The quantitative estimate of drug-likeness (QED) is 0.792. The molecule has 7 nitrogen and oxygen atoms in total. The Balaban J connectivity index is 2.40. The van der Waals surface area contributed by atoms with Crippen molar-refractivity contribution in [1.29, 1.82) is 0 Å². The van der Waals surface area contributed by atoms with E-state index < -0.39 is 23.3 Å². The normalized spacial score (nSPS) is 16.6. The van der Waals surface area contributed by atoms with Crippen LogP contribution < -0.4 is 5.32 Å². The standard InChI is InChI=1S/C14H24N2O5/c1-14(2,12(18)19)8-11(17)15-13(20)16-6-4-10(5-7-16)9-21-3/h10H,4-9H2,1-3H3,(H,18,19)(H,15,17,20). The van der Waals surface area contributed by atoms with Gasteiger partial charge in [0, 0.05) is 33.2 Å². The van der Waals surface area contributed by atoms with Gasteiger partial charge in [-0.05, 0) is 32.6 Å². The fraction of sp³-hybridized carbons (Fsp3) is 0.786. The van der Waals surface area contributed by atoms with Gasteiger partial charge in [-0.15, -0.1) is 0 Å². The highest BCUT2D eigenvalue weighted by atomic mass is 16.5. The fourth-order valence-corrected chi connectivity index (χ4v) is 2.26. The van der Waals surface area contributed by atoms with Crippen molar-refractivity contribution in [2.45, 2.75) is 33.1 Å². The van der Waals surface area contributed by atoms with Gasteiger partial charge in [0.15, 0.2) is 0 Å². The monoisotopic (exact) mass is 300 g/mol. The van der Waals surface area contributed by atoms with Crippen LogP contribution in [0.5, 0.6) is 0 Å². The number of ether oxygens (including phenoxy) is 1. The number of carboxylic acid groups (broad SMARTS) is 1. The average Bonchev–Trinajstić information content (AvgIpc) is 2.38. The van der Waals surface area contributed by atoms with Crippen LogP contribution in [0.2, 0.25) is 0 Å². The molecule has 7 heteroatoms.